The summed E-state index contributed by atoms with van der Waals surface area (Å²) in [6.07, 6.45) is 3.55. The van der Waals surface area contributed by atoms with Gasteiger partial charge in [-0.15, -0.1) is 10.2 Å². The highest BCUT2D eigenvalue weighted by Gasteiger charge is 2.16. The Morgan fingerprint density at radius 2 is 2.12 bits per heavy atom. The first-order valence-electron chi connectivity index (χ1n) is 7.41. The van der Waals surface area contributed by atoms with Crippen LogP contribution in [0.5, 0.6) is 0 Å². The van der Waals surface area contributed by atoms with Gasteiger partial charge >= 0.3 is 5.69 Å². The van der Waals surface area contributed by atoms with Crippen molar-refractivity contribution in [1.29, 1.82) is 0 Å². The summed E-state index contributed by atoms with van der Waals surface area (Å²) in [6, 6.07) is 11.4. The molecule has 4 rings (SSSR count). The molecule has 8 heteroatoms. The third kappa shape index (κ3) is 2.83. The van der Waals surface area contributed by atoms with E-state index in [9.17, 15) is 4.79 Å². The maximum absolute atomic E-state index is 12.2. The van der Waals surface area contributed by atoms with Crippen LogP contribution >= 0.6 is 11.8 Å². The number of nitrogens with one attached hydrogen (secondary N) is 2. The third-order valence-corrected chi connectivity index (χ3v) is 4.51. The molecule has 0 amide bonds. The minimum absolute atomic E-state index is 0.197. The maximum atomic E-state index is 12.2. The van der Waals surface area contributed by atoms with Crippen LogP contribution in [-0.4, -0.2) is 31.3 Å². The zero-order chi connectivity index (χ0) is 16.4. The molecule has 0 unspecified atom stereocenters. The fourth-order valence-electron chi connectivity index (χ4n) is 2.48. The molecule has 7 nitrogen and oxygen atoms in total. The van der Waals surface area contributed by atoms with Gasteiger partial charge in [0.25, 0.3) is 0 Å². The van der Waals surface area contributed by atoms with Crippen molar-refractivity contribution < 1.29 is 0 Å². The van der Waals surface area contributed by atoms with Crippen molar-refractivity contribution in [1.82, 2.24) is 19.9 Å². The van der Waals surface area contributed by atoms with Crippen molar-refractivity contribution in [3.63, 3.8) is 0 Å². The number of amidine groups is 1. The molecule has 0 bridgehead atoms. The number of imidazole rings is 1. The molecule has 3 aromatic rings. The molecule has 0 saturated heterocycles. The first-order chi connectivity index (χ1) is 11.8. The second-order valence-electron chi connectivity index (χ2n) is 5.21. The Labute approximate surface area is 141 Å². The molecule has 120 valence electrons. The summed E-state index contributed by atoms with van der Waals surface area (Å²) in [4.78, 5) is 19.1. The second kappa shape index (κ2) is 6.32. The van der Waals surface area contributed by atoms with Crippen molar-refractivity contribution in [3.05, 3.63) is 64.8 Å². The van der Waals surface area contributed by atoms with Gasteiger partial charge in [0, 0.05) is 18.9 Å². The molecule has 0 spiro atoms. The van der Waals surface area contributed by atoms with Crippen LogP contribution in [-0.2, 0) is 6.54 Å². The fraction of sp³-hybridized carbons (Fsp3) is 0.125. The number of benzene rings is 1. The number of aromatic nitrogens is 3. The van der Waals surface area contributed by atoms with Gasteiger partial charge in [-0.25, -0.2) is 9.36 Å². The van der Waals surface area contributed by atoms with Gasteiger partial charge in [0.1, 0.15) is 0 Å². The van der Waals surface area contributed by atoms with Crippen LogP contribution in [0.25, 0.3) is 11.0 Å². The van der Waals surface area contributed by atoms with Crippen molar-refractivity contribution >= 4 is 33.8 Å². The van der Waals surface area contributed by atoms with E-state index < -0.39 is 0 Å². The average Bonchev–Trinajstić information content (AvgIpc) is 2.97. The van der Waals surface area contributed by atoms with Gasteiger partial charge < -0.3 is 10.3 Å². The van der Waals surface area contributed by atoms with E-state index in [-0.39, 0.29) is 5.69 Å². The molecule has 0 atom stereocenters. The van der Waals surface area contributed by atoms with E-state index in [4.69, 9.17) is 0 Å². The Kier molecular flexibility index (Phi) is 3.87. The molecule has 2 N–H and O–H groups in total. The number of nitrogens with zero attached hydrogens (tertiary/aromatic N) is 4. The largest absolute Gasteiger partial charge is 0.359 e. The van der Waals surface area contributed by atoms with Crippen LogP contribution in [0.4, 0.5) is 0 Å². The van der Waals surface area contributed by atoms with E-state index in [0.29, 0.717) is 18.1 Å². The molecule has 1 aliphatic rings. The molecule has 24 heavy (non-hydrogen) atoms. The first kappa shape index (κ1) is 14.7. The molecule has 1 aromatic carbocycles. The summed E-state index contributed by atoms with van der Waals surface area (Å²) >= 11 is 1.52. The third-order valence-electron chi connectivity index (χ3n) is 3.61. The highest BCUT2D eigenvalue weighted by Crippen LogP contribution is 2.15. The Balaban J connectivity index is 1.56. The average molecular weight is 338 g/mol. The molecule has 1 aliphatic heterocycles. The summed E-state index contributed by atoms with van der Waals surface area (Å²) in [5, 5.41) is 12.4. The summed E-state index contributed by atoms with van der Waals surface area (Å²) in [7, 11) is 0. The topological polar surface area (TPSA) is 87.4 Å². The van der Waals surface area contributed by atoms with Crippen LogP contribution in [0.15, 0.2) is 63.8 Å². The SMILES string of the molecule is O=c1[nH]c2ccccc2n1C1=NN=C(NCc2cccnc2)SC1. The highest BCUT2D eigenvalue weighted by molar-refractivity contribution is 8.14. The quantitative estimate of drug-likeness (QED) is 0.745. The van der Waals surface area contributed by atoms with Crippen molar-refractivity contribution in [3.8, 4) is 0 Å². The molecule has 0 fully saturated rings. The van der Waals surface area contributed by atoms with Gasteiger partial charge in [0.2, 0.25) is 0 Å². The van der Waals surface area contributed by atoms with E-state index in [1.54, 1.807) is 17.0 Å². The number of aromatic amines is 1. The van der Waals surface area contributed by atoms with Crippen LogP contribution < -0.4 is 11.0 Å². The summed E-state index contributed by atoms with van der Waals surface area (Å²) in [5.41, 5.74) is 2.48. The lowest BCUT2D eigenvalue weighted by molar-refractivity contribution is 0.908. The number of thioether (sulfide) groups is 1. The number of hydrogen-bond acceptors (Lipinski definition) is 6. The van der Waals surface area contributed by atoms with E-state index in [0.717, 1.165) is 21.8 Å². The van der Waals surface area contributed by atoms with Gasteiger partial charge in [0.15, 0.2) is 11.0 Å². The summed E-state index contributed by atoms with van der Waals surface area (Å²) < 4.78 is 1.57. The molecule has 0 radical (unpaired) electrons. The Hall–Kier alpha value is -2.87. The lowest BCUT2D eigenvalue weighted by atomic mass is 10.3. The van der Waals surface area contributed by atoms with Crippen molar-refractivity contribution in [2.24, 2.45) is 10.2 Å². The second-order valence-corrected chi connectivity index (χ2v) is 6.17. The van der Waals surface area contributed by atoms with Crippen LogP contribution in [0, 0.1) is 0 Å². The van der Waals surface area contributed by atoms with Crippen LogP contribution in [0.1, 0.15) is 5.56 Å². The van der Waals surface area contributed by atoms with Crippen molar-refractivity contribution in [2.75, 3.05) is 5.75 Å². The molecule has 0 saturated carbocycles. The van der Waals surface area contributed by atoms with E-state index in [1.807, 2.05) is 36.4 Å². The number of hydrogen-bond donors (Lipinski definition) is 2. The Morgan fingerprint density at radius 1 is 1.21 bits per heavy atom. The predicted molar refractivity (Wildman–Crippen MR) is 96.4 cm³/mol. The number of rotatable bonds is 2. The molecular weight excluding hydrogens is 324 g/mol. The van der Waals surface area contributed by atoms with E-state index in [1.165, 1.54) is 11.8 Å². The smallest absolute Gasteiger partial charge is 0.332 e. The molecular formula is C16H14N6OS. The lowest BCUT2D eigenvalue weighted by Gasteiger charge is -2.13. The monoisotopic (exact) mass is 338 g/mol. The number of H-pyrrole nitrogens is 1. The van der Waals surface area contributed by atoms with Gasteiger partial charge in [-0.3, -0.25) is 4.98 Å². The molecule has 0 aliphatic carbocycles. The number of pyridine rings is 1. The summed E-state index contributed by atoms with van der Waals surface area (Å²) in [5.74, 6) is 1.19. The van der Waals surface area contributed by atoms with Crippen molar-refractivity contribution in [2.45, 2.75) is 6.54 Å². The lowest BCUT2D eigenvalue weighted by Crippen LogP contribution is -2.30. The maximum Gasteiger partial charge on any atom is 0.332 e. The normalized spacial score (nSPS) is 14.3. The predicted octanol–water partition coefficient (Wildman–Crippen LogP) is 1.78. The Bertz CT molecular complexity index is 988. The minimum Gasteiger partial charge on any atom is -0.359 e. The van der Waals surface area contributed by atoms with Gasteiger partial charge in [-0.1, -0.05) is 30.0 Å². The highest BCUT2D eigenvalue weighted by atomic mass is 32.2. The van der Waals surface area contributed by atoms with Crippen LogP contribution in [0.3, 0.4) is 0 Å². The number of fused-ring (bicyclic) bond motifs is 1. The molecule has 2 aromatic heterocycles. The fourth-order valence-corrected chi connectivity index (χ4v) is 3.21. The van der Waals surface area contributed by atoms with Gasteiger partial charge in [0.05, 0.1) is 16.8 Å². The van der Waals surface area contributed by atoms with Crippen LogP contribution in [0.2, 0.25) is 0 Å². The zero-order valence-electron chi connectivity index (χ0n) is 12.6. The summed E-state index contributed by atoms with van der Waals surface area (Å²) in [6.45, 7) is 0.636. The molecule has 3 heterocycles. The van der Waals surface area contributed by atoms with E-state index in [2.05, 4.69) is 25.5 Å². The van der Waals surface area contributed by atoms with Gasteiger partial charge in [-0.05, 0) is 23.8 Å². The minimum atomic E-state index is -0.197. The number of para-hydroxylation sites is 2. The van der Waals surface area contributed by atoms with Gasteiger partial charge in [-0.2, -0.15) is 0 Å². The zero-order valence-corrected chi connectivity index (χ0v) is 13.5. The standard InChI is InChI=1S/C16H14N6OS/c23-16-19-12-5-1-2-6-13(12)22(16)14-10-24-15(21-20-14)18-9-11-4-3-7-17-8-11/h1-8H,9-10H2,(H,18,21)(H,19,23). The Morgan fingerprint density at radius 3 is 2.92 bits per heavy atom. The van der Waals surface area contributed by atoms with E-state index >= 15 is 0 Å². The first-order valence-corrected chi connectivity index (χ1v) is 8.40.